The summed E-state index contributed by atoms with van der Waals surface area (Å²) in [5.41, 5.74) is -0.725. The molecule has 1 aliphatic heterocycles. The Kier molecular flexibility index (Phi) is 4.25. The van der Waals surface area contributed by atoms with Crippen LogP contribution in [0.1, 0.15) is 18.4 Å². The minimum Gasteiger partial charge on any atom is -0.465 e. The minimum atomic E-state index is -3.60. The number of aryl methyl sites for hydroxylation is 1. The Labute approximate surface area is 123 Å². The highest BCUT2D eigenvalue weighted by molar-refractivity contribution is 7.91. The average molecular weight is 313 g/mol. The summed E-state index contributed by atoms with van der Waals surface area (Å²) in [6.07, 6.45) is -0.784. The molecule has 1 aromatic carbocycles. The number of amides is 1. The molecule has 2 rings (SSSR count). The third-order valence-corrected chi connectivity index (χ3v) is 5.90. The smallest absolute Gasteiger partial charge is 0.407 e. The summed E-state index contributed by atoms with van der Waals surface area (Å²) in [5.74, 6) is -0.377. The number of likely N-dealkylation sites (tertiary alicyclic amines) is 1. The van der Waals surface area contributed by atoms with E-state index in [9.17, 15) is 18.3 Å². The molecule has 0 spiro atoms. The second kappa shape index (κ2) is 5.65. The Morgan fingerprint density at radius 2 is 1.86 bits per heavy atom. The number of sulfone groups is 1. The molecular weight excluding hydrogens is 294 g/mol. The number of hydrogen-bond donors (Lipinski definition) is 2. The third kappa shape index (κ3) is 3.54. The first kappa shape index (κ1) is 15.8. The maximum atomic E-state index is 12.5. The lowest BCUT2D eigenvalue weighted by Gasteiger charge is -2.36. The van der Waals surface area contributed by atoms with Crippen LogP contribution in [-0.2, 0) is 9.84 Å². The molecule has 0 unspecified atom stereocenters. The summed E-state index contributed by atoms with van der Waals surface area (Å²) < 4.78 is 24.9. The first-order chi connectivity index (χ1) is 9.73. The van der Waals surface area contributed by atoms with E-state index in [4.69, 9.17) is 5.11 Å². The predicted octanol–water partition coefficient (Wildman–Crippen LogP) is 1.27. The molecule has 7 heteroatoms. The van der Waals surface area contributed by atoms with Gasteiger partial charge in [-0.05, 0) is 31.4 Å². The van der Waals surface area contributed by atoms with Crippen LogP contribution in [0.5, 0.6) is 0 Å². The molecule has 0 atom stereocenters. The average Bonchev–Trinajstić information content (AvgIpc) is 2.38. The molecule has 1 amide bonds. The van der Waals surface area contributed by atoms with E-state index in [1.165, 1.54) is 11.0 Å². The molecule has 0 bridgehead atoms. The summed E-state index contributed by atoms with van der Waals surface area (Å²) in [6, 6.07) is 6.65. The van der Waals surface area contributed by atoms with Gasteiger partial charge in [0.1, 0.15) is 0 Å². The second-order valence-corrected chi connectivity index (χ2v) is 7.48. The lowest BCUT2D eigenvalue weighted by atomic mass is 9.94. The van der Waals surface area contributed by atoms with Gasteiger partial charge in [0.25, 0.3) is 0 Å². The largest absolute Gasteiger partial charge is 0.465 e. The molecule has 1 aliphatic rings. The number of benzene rings is 1. The molecule has 6 nitrogen and oxygen atoms in total. The molecule has 2 N–H and O–H groups in total. The fraction of sp³-hybridized carbons (Fsp3) is 0.500. The van der Waals surface area contributed by atoms with E-state index in [-0.39, 0.29) is 36.6 Å². The van der Waals surface area contributed by atoms with Crippen LogP contribution in [0, 0.1) is 6.92 Å². The number of piperidine rings is 1. The number of aliphatic hydroxyl groups is 1. The van der Waals surface area contributed by atoms with Crippen LogP contribution in [-0.4, -0.2) is 54.1 Å². The minimum absolute atomic E-state index is 0.129. The van der Waals surface area contributed by atoms with Crippen LogP contribution in [0.3, 0.4) is 0 Å². The lowest BCUT2D eigenvalue weighted by molar-refractivity contribution is 0.00158. The molecular formula is C14H19NO5S. The van der Waals surface area contributed by atoms with Crippen molar-refractivity contribution in [3.63, 3.8) is 0 Å². The standard InChI is InChI=1S/C14H19NO5S/c1-11-4-2-3-5-12(11)21(19,20)10-14(18)6-8-15(9-7-14)13(16)17/h2-5,18H,6-10H2,1H3,(H,16,17). The third-order valence-electron chi connectivity index (χ3n) is 3.85. The van der Waals surface area contributed by atoms with Gasteiger partial charge in [0.05, 0.1) is 16.2 Å². The maximum Gasteiger partial charge on any atom is 0.407 e. The molecule has 0 saturated carbocycles. The fourth-order valence-electron chi connectivity index (χ4n) is 2.60. The van der Waals surface area contributed by atoms with E-state index in [1.54, 1.807) is 25.1 Å². The van der Waals surface area contributed by atoms with E-state index in [2.05, 4.69) is 0 Å². The van der Waals surface area contributed by atoms with Gasteiger partial charge in [0.15, 0.2) is 9.84 Å². The normalized spacial score (nSPS) is 18.5. The van der Waals surface area contributed by atoms with Crippen molar-refractivity contribution >= 4 is 15.9 Å². The molecule has 1 heterocycles. The van der Waals surface area contributed by atoms with E-state index < -0.39 is 21.5 Å². The SMILES string of the molecule is Cc1ccccc1S(=O)(=O)CC1(O)CCN(C(=O)O)CC1. The Morgan fingerprint density at radius 1 is 1.29 bits per heavy atom. The zero-order valence-electron chi connectivity index (χ0n) is 11.8. The van der Waals surface area contributed by atoms with Crippen molar-refractivity contribution in [2.45, 2.75) is 30.3 Å². The Morgan fingerprint density at radius 3 is 2.38 bits per heavy atom. The molecule has 1 saturated heterocycles. The summed E-state index contributed by atoms with van der Waals surface area (Å²) in [5, 5.41) is 19.3. The molecule has 1 aromatic rings. The zero-order valence-corrected chi connectivity index (χ0v) is 12.6. The Bertz CT molecular complexity index is 633. The number of hydrogen-bond acceptors (Lipinski definition) is 4. The van der Waals surface area contributed by atoms with Gasteiger partial charge in [0, 0.05) is 13.1 Å². The van der Waals surface area contributed by atoms with Crippen LogP contribution >= 0.6 is 0 Å². The molecule has 0 radical (unpaired) electrons. The highest BCUT2D eigenvalue weighted by Crippen LogP contribution is 2.27. The fourth-order valence-corrected chi connectivity index (χ4v) is 4.59. The van der Waals surface area contributed by atoms with Crippen LogP contribution < -0.4 is 0 Å². The van der Waals surface area contributed by atoms with Gasteiger partial charge in [-0.3, -0.25) is 0 Å². The maximum absolute atomic E-state index is 12.5. The van der Waals surface area contributed by atoms with E-state index in [0.29, 0.717) is 5.56 Å². The zero-order chi connectivity index (χ0) is 15.7. The van der Waals surface area contributed by atoms with Gasteiger partial charge < -0.3 is 15.1 Å². The van der Waals surface area contributed by atoms with Crippen molar-refractivity contribution in [3.8, 4) is 0 Å². The first-order valence-electron chi connectivity index (χ1n) is 6.72. The van der Waals surface area contributed by atoms with Crippen LogP contribution in [0.4, 0.5) is 4.79 Å². The summed E-state index contributed by atoms with van der Waals surface area (Å²) in [4.78, 5) is 12.3. The number of carboxylic acid groups (broad SMARTS) is 1. The monoisotopic (exact) mass is 313 g/mol. The van der Waals surface area contributed by atoms with E-state index in [0.717, 1.165) is 0 Å². The summed E-state index contributed by atoms with van der Waals surface area (Å²) in [7, 11) is -3.60. The van der Waals surface area contributed by atoms with Crippen molar-refractivity contribution in [2.75, 3.05) is 18.8 Å². The molecule has 0 aliphatic carbocycles. The topological polar surface area (TPSA) is 94.9 Å². The van der Waals surface area contributed by atoms with Crippen LogP contribution in [0.25, 0.3) is 0 Å². The van der Waals surface area contributed by atoms with Gasteiger partial charge in [0.2, 0.25) is 0 Å². The van der Waals surface area contributed by atoms with Crippen LogP contribution in [0.15, 0.2) is 29.2 Å². The summed E-state index contributed by atoms with van der Waals surface area (Å²) >= 11 is 0. The quantitative estimate of drug-likeness (QED) is 0.876. The predicted molar refractivity (Wildman–Crippen MR) is 77.0 cm³/mol. The van der Waals surface area contributed by atoms with Crippen molar-refractivity contribution in [1.82, 2.24) is 4.90 Å². The van der Waals surface area contributed by atoms with Crippen molar-refractivity contribution in [3.05, 3.63) is 29.8 Å². The van der Waals surface area contributed by atoms with Gasteiger partial charge in [-0.15, -0.1) is 0 Å². The van der Waals surface area contributed by atoms with Crippen LogP contribution in [0.2, 0.25) is 0 Å². The van der Waals surface area contributed by atoms with Gasteiger partial charge in [-0.2, -0.15) is 0 Å². The van der Waals surface area contributed by atoms with Crippen molar-refractivity contribution in [2.24, 2.45) is 0 Å². The number of nitrogens with zero attached hydrogens (tertiary/aromatic N) is 1. The summed E-state index contributed by atoms with van der Waals surface area (Å²) in [6.45, 7) is 2.01. The molecule has 1 fully saturated rings. The van der Waals surface area contributed by atoms with Gasteiger partial charge >= 0.3 is 6.09 Å². The molecule has 116 valence electrons. The number of rotatable bonds is 3. The second-order valence-electron chi connectivity index (χ2n) is 5.52. The Balaban J connectivity index is 2.14. The van der Waals surface area contributed by atoms with Gasteiger partial charge in [-0.1, -0.05) is 18.2 Å². The van der Waals surface area contributed by atoms with Crippen molar-refractivity contribution in [1.29, 1.82) is 0 Å². The van der Waals surface area contributed by atoms with E-state index in [1.807, 2.05) is 0 Å². The highest BCUT2D eigenvalue weighted by Gasteiger charge is 2.38. The number of carbonyl (C=O) groups is 1. The molecule has 21 heavy (non-hydrogen) atoms. The molecule has 0 aromatic heterocycles. The first-order valence-corrected chi connectivity index (χ1v) is 8.37. The highest BCUT2D eigenvalue weighted by atomic mass is 32.2. The van der Waals surface area contributed by atoms with E-state index >= 15 is 0 Å². The lowest BCUT2D eigenvalue weighted by Crippen LogP contribution is -2.49. The van der Waals surface area contributed by atoms with Crippen molar-refractivity contribution < 1.29 is 23.4 Å². The Hall–Kier alpha value is -1.60. The van der Waals surface area contributed by atoms with Gasteiger partial charge in [-0.25, -0.2) is 13.2 Å².